The molecule has 0 spiro atoms. The predicted molar refractivity (Wildman–Crippen MR) is 73.5 cm³/mol. The van der Waals surface area contributed by atoms with Gasteiger partial charge in [0.15, 0.2) is 6.10 Å². The molecule has 2 aliphatic rings. The molecule has 1 unspecified atom stereocenters. The van der Waals surface area contributed by atoms with E-state index in [1.54, 1.807) is 0 Å². The lowest BCUT2D eigenvalue weighted by atomic mass is 9.89. The van der Waals surface area contributed by atoms with Crippen LogP contribution in [0.3, 0.4) is 0 Å². The van der Waals surface area contributed by atoms with E-state index >= 15 is 0 Å². The second kappa shape index (κ2) is 4.78. The lowest BCUT2D eigenvalue weighted by Gasteiger charge is -2.21. The quantitative estimate of drug-likeness (QED) is 0.680. The molecule has 6 heteroatoms. The van der Waals surface area contributed by atoms with E-state index < -0.39 is 11.5 Å². The number of carbonyl (C=O) groups is 1. The predicted octanol–water partition coefficient (Wildman–Crippen LogP) is 2.45. The van der Waals surface area contributed by atoms with E-state index in [0.717, 1.165) is 29.5 Å². The first kappa shape index (κ1) is 14.5. The molecule has 0 amide bonds. The minimum absolute atomic E-state index is 0.135. The lowest BCUT2D eigenvalue weighted by molar-refractivity contribution is -0.313. The average Bonchev–Trinajstić information content (AvgIpc) is 2.83. The van der Waals surface area contributed by atoms with Gasteiger partial charge in [0, 0.05) is 5.56 Å². The molecule has 1 aliphatic heterocycles. The molecular weight excluding hydrogens is 274 g/mol. The van der Waals surface area contributed by atoms with Gasteiger partial charge >= 0.3 is 5.97 Å². The molecule has 1 aromatic rings. The fourth-order valence-corrected chi connectivity index (χ4v) is 3.51. The highest BCUT2D eigenvalue weighted by molar-refractivity contribution is 5.97. The van der Waals surface area contributed by atoms with Gasteiger partial charge in [0.2, 0.25) is 0 Å². The van der Waals surface area contributed by atoms with Crippen LogP contribution < -0.4 is 0 Å². The second-order valence-corrected chi connectivity index (χ2v) is 6.57. The average molecular weight is 292 g/mol. The number of hydrogen-bond donors (Lipinski definition) is 1. The Kier molecular flexibility index (Phi) is 3.29. The molecule has 6 nitrogen and oxygen atoms in total. The molecule has 0 aromatic heterocycles. The number of esters is 1. The first-order chi connectivity index (χ1) is 9.78. The number of carbonyl (C=O) groups excluding carboxylic acids is 1. The normalized spacial score (nSPS) is 22.4. The van der Waals surface area contributed by atoms with Crippen molar-refractivity contribution in [3.8, 4) is 0 Å². The fraction of sp³-hybridized carbons (Fsp3) is 0.533. The van der Waals surface area contributed by atoms with Crippen molar-refractivity contribution < 1.29 is 19.6 Å². The third-order valence-electron chi connectivity index (χ3n) is 4.21. The van der Waals surface area contributed by atoms with Gasteiger partial charge < -0.3 is 15.2 Å². The Balaban J connectivity index is 2.02. The summed E-state index contributed by atoms with van der Waals surface area (Å²) in [5, 5.41) is 18.4. The van der Waals surface area contributed by atoms with E-state index in [0.29, 0.717) is 5.56 Å². The summed E-state index contributed by atoms with van der Waals surface area (Å²) in [6.45, 7) is 6.09. The summed E-state index contributed by atoms with van der Waals surface area (Å²) in [7, 11) is 0. The zero-order chi connectivity index (χ0) is 15.4. The topological polar surface area (TPSA) is 82.1 Å². The molecule has 1 atom stereocenters. The van der Waals surface area contributed by atoms with Crippen molar-refractivity contribution >= 4 is 5.97 Å². The van der Waals surface area contributed by atoms with E-state index in [-0.39, 0.29) is 18.0 Å². The van der Waals surface area contributed by atoms with Crippen LogP contribution in [0, 0.1) is 17.5 Å². The number of rotatable bonds is 3. The molecule has 0 bridgehead atoms. The van der Waals surface area contributed by atoms with E-state index in [2.05, 4.69) is 24.8 Å². The smallest absolute Gasteiger partial charge is 0.339 e. The van der Waals surface area contributed by atoms with Gasteiger partial charge in [-0.3, -0.25) is 4.84 Å². The van der Waals surface area contributed by atoms with Crippen LogP contribution in [-0.2, 0) is 22.4 Å². The summed E-state index contributed by atoms with van der Waals surface area (Å²) < 4.78 is 5.32. The lowest BCUT2D eigenvalue weighted by Crippen LogP contribution is -2.17. The Morgan fingerprint density at radius 3 is 2.90 bits per heavy atom. The Morgan fingerprint density at radius 1 is 1.52 bits per heavy atom. The van der Waals surface area contributed by atoms with Crippen LogP contribution in [0.4, 0.5) is 0 Å². The third kappa shape index (κ3) is 2.44. The van der Waals surface area contributed by atoms with Crippen molar-refractivity contribution in [2.24, 2.45) is 5.41 Å². The number of nitrogens with zero attached hydrogens (tertiary/aromatic N) is 1. The van der Waals surface area contributed by atoms with Crippen LogP contribution in [0.2, 0.25) is 0 Å². The molecule has 0 saturated carbocycles. The van der Waals surface area contributed by atoms with Crippen molar-refractivity contribution in [3.05, 3.63) is 39.1 Å². The van der Waals surface area contributed by atoms with Crippen LogP contribution in [-0.4, -0.2) is 23.2 Å². The molecule has 0 saturated heterocycles. The number of cyclic esters (lactones) is 1. The Bertz CT molecular complexity index is 609. The van der Waals surface area contributed by atoms with Crippen LogP contribution in [0.15, 0.2) is 6.07 Å². The molecule has 1 N–H and O–H groups in total. The van der Waals surface area contributed by atoms with E-state index in [9.17, 15) is 10.0 Å². The highest BCUT2D eigenvalue weighted by atomic mass is 17.1. The molecule has 1 aliphatic carbocycles. The maximum Gasteiger partial charge on any atom is 0.339 e. The standard InChI is InChI=1S/C15H18NO5/c1-8-4-9-5-15(2,3)6-10(9)13-12(8)11(21-14(13)17)7-20-16(18)19/h4,11,18H,5-7H2,1-3H3/q-1. The summed E-state index contributed by atoms with van der Waals surface area (Å²) >= 11 is 0. The summed E-state index contributed by atoms with van der Waals surface area (Å²) in [4.78, 5) is 16.7. The minimum Gasteiger partial charge on any atom is -0.738 e. The number of aryl methyl sites for hydroxylation is 1. The van der Waals surface area contributed by atoms with Gasteiger partial charge in [-0.1, -0.05) is 19.9 Å². The van der Waals surface area contributed by atoms with Gasteiger partial charge in [-0.2, -0.15) is 0 Å². The van der Waals surface area contributed by atoms with Gasteiger partial charge in [-0.25, -0.2) is 4.79 Å². The molecule has 1 aromatic carbocycles. The van der Waals surface area contributed by atoms with Gasteiger partial charge in [-0.05, 0) is 41.9 Å². The first-order valence-electron chi connectivity index (χ1n) is 6.94. The first-order valence-corrected chi connectivity index (χ1v) is 6.94. The number of fused-ring (bicyclic) bond motifs is 3. The molecule has 0 fully saturated rings. The summed E-state index contributed by atoms with van der Waals surface area (Å²) in [5.74, 6) is -0.369. The van der Waals surface area contributed by atoms with Crippen molar-refractivity contribution in [1.29, 1.82) is 0 Å². The molecular formula is C15H18NO5-. The SMILES string of the molecule is Cc1cc2c(c3c1C(CON([O-])O)OC3=O)CC(C)(C)C2. The highest BCUT2D eigenvalue weighted by Gasteiger charge is 2.40. The molecule has 0 radical (unpaired) electrons. The molecule has 21 heavy (non-hydrogen) atoms. The van der Waals surface area contributed by atoms with Crippen LogP contribution in [0.5, 0.6) is 0 Å². The van der Waals surface area contributed by atoms with Crippen molar-refractivity contribution in [3.63, 3.8) is 0 Å². The van der Waals surface area contributed by atoms with E-state index in [4.69, 9.17) is 9.94 Å². The van der Waals surface area contributed by atoms with E-state index in [1.807, 2.05) is 6.92 Å². The molecule has 114 valence electrons. The van der Waals surface area contributed by atoms with Gasteiger partial charge in [0.25, 0.3) is 0 Å². The van der Waals surface area contributed by atoms with Gasteiger partial charge in [0.1, 0.15) is 6.61 Å². The fourth-order valence-electron chi connectivity index (χ4n) is 3.51. The minimum atomic E-state index is -0.648. The van der Waals surface area contributed by atoms with Crippen molar-refractivity contribution in [2.45, 2.75) is 39.7 Å². The van der Waals surface area contributed by atoms with Gasteiger partial charge in [-0.15, -0.1) is 5.39 Å². The van der Waals surface area contributed by atoms with Crippen LogP contribution in [0.1, 0.15) is 52.6 Å². The van der Waals surface area contributed by atoms with Gasteiger partial charge in [0.05, 0.1) is 5.56 Å². The maximum absolute atomic E-state index is 12.2. The third-order valence-corrected chi connectivity index (χ3v) is 4.21. The van der Waals surface area contributed by atoms with E-state index in [1.165, 1.54) is 5.56 Å². The van der Waals surface area contributed by atoms with Crippen LogP contribution in [0.25, 0.3) is 0 Å². The molecule has 1 heterocycles. The Hall–Kier alpha value is -1.47. The van der Waals surface area contributed by atoms with Crippen molar-refractivity contribution in [1.82, 2.24) is 5.39 Å². The number of ether oxygens (including phenoxy) is 1. The Morgan fingerprint density at radius 2 is 2.24 bits per heavy atom. The maximum atomic E-state index is 12.2. The summed E-state index contributed by atoms with van der Waals surface area (Å²) in [6, 6.07) is 2.09. The van der Waals surface area contributed by atoms with Crippen LogP contribution >= 0.6 is 0 Å². The summed E-state index contributed by atoms with van der Waals surface area (Å²) in [6.07, 6.45) is 1.13. The zero-order valence-corrected chi connectivity index (χ0v) is 12.3. The van der Waals surface area contributed by atoms with Crippen molar-refractivity contribution in [2.75, 3.05) is 6.61 Å². The summed E-state index contributed by atoms with van der Waals surface area (Å²) in [5.41, 5.74) is 4.74. The Labute approximate surface area is 122 Å². The number of benzene rings is 1. The molecule has 3 rings (SSSR count). The largest absolute Gasteiger partial charge is 0.738 e. The zero-order valence-electron chi connectivity index (χ0n) is 12.3. The second-order valence-electron chi connectivity index (χ2n) is 6.57. The monoisotopic (exact) mass is 292 g/mol. The highest BCUT2D eigenvalue weighted by Crippen LogP contribution is 2.44. The number of hydrogen-bond acceptors (Lipinski definition) is 6.